The lowest BCUT2D eigenvalue weighted by molar-refractivity contribution is 0.367. The van der Waals surface area contributed by atoms with E-state index in [9.17, 15) is 0 Å². The number of aliphatic hydroxyl groups excluding tert-OH is 1. The van der Waals surface area contributed by atoms with Crippen LogP contribution in [0, 0.1) is 0 Å². The van der Waals surface area contributed by atoms with E-state index < -0.39 is 0 Å². The zero-order chi connectivity index (χ0) is 7.98. The molecule has 0 unspecified atom stereocenters. The minimum atomic E-state index is 0.896. The van der Waals surface area contributed by atoms with E-state index in [0.29, 0.717) is 0 Å². The highest BCUT2D eigenvalue weighted by Gasteiger charge is 1.98. The van der Waals surface area contributed by atoms with E-state index in [1.54, 1.807) is 0 Å². The van der Waals surface area contributed by atoms with E-state index in [4.69, 9.17) is 5.11 Å². The van der Waals surface area contributed by atoms with Gasteiger partial charge in [-0.25, -0.2) is 0 Å². The molecule has 1 N–H and O–H groups in total. The zero-order valence-corrected chi connectivity index (χ0v) is 7.09. The minimum Gasteiger partial charge on any atom is -0.514 e. The van der Waals surface area contributed by atoms with Gasteiger partial charge < -0.3 is 10.0 Å². The summed E-state index contributed by atoms with van der Waals surface area (Å²) in [6.45, 7) is 5.18. The molecule has 0 amide bonds. The van der Waals surface area contributed by atoms with Gasteiger partial charge in [-0.3, -0.25) is 0 Å². The predicted octanol–water partition coefficient (Wildman–Crippen LogP) is 2.14. The number of aliphatic hydroxyl groups is 1. The van der Waals surface area contributed by atoms with Crippen LogP contribution in [0.3, 0.4) is 0 Å². The van der Waals surface area contributed by atoms with E-state index in [1.165, 1.54) is 6.26 Å². The van der Waals surface area contributed by atoms with Crippen molar-refractivity contribution in [2.45, 2.75) is 26.7 Å². The topological polar surface area (TPSA) is 23.5 Å². The number of hydrogen-bond acceptors (Lipinski definition) is 2. The first kappa shape index (κ1) is 9.34. The van der Waals surface area contributed by atoms with Crippen LogP contribution in [-0.2, 0) is 0 Å². The summed E-state index contributed by atoms with van der Waals surface area (Å²) in [6.07, 6.45) is 3.20. The zero-order valence-electron chi connectivity index (χ0n) is 7.09. The van der Waals surface area contributed by atoms with Gasteiger partial charge in [-0.2, -0.15) is 0 Å². The molecule has 0 saturated carbocycles. The van der Waals surface area contributed by atoms with Gasteiger partial charge in [0.1, 0.15) is 0 Å². The fourth-order valence-electron chi connectivity index (χ4n) is 0.939. The Hall–Kier alpha value is -0.660. The van der Waals surface area contributed by atoms with Crippen molar-refractivity contribution < 1.29 is 5.11 Å². The van der Waals surface area contributed by atoms with Crippen LogP contribution in [0.15, 0.2) is 12.0 Å². The molecule has 0 saturated heterocycles. The Balaban J connectivity index is 3.77. The Kier molecular flexibility index (Phi) is 4.81. The summed E-state index contributed by atoms with van der Waals surface area (Å²) in [4.78, 5) is 2.07. The molecule has 0 aliphatic carbocycles. The molecule has 0 aromatic carbocycles. The maximum absolute atomic E-state index is 8.72. The Bertz CT molecular complexity index is 110. The van der Waals surface area contributed by atoms with Gasteiger partial charge in [-0.05, 0) is 12.8 Å². The first-order valence-corrected chi connectivity index (χ1v) is 3.80. The summed E-state index contributed by atoms with van der Waals surface area (Å²) in [5, 5.41) is 8.72. The maximum Gasteiger partial charge on any atom is 0.0982 e. The van der Waals surface area contributed by atoms with Crippen molar-refractivity contribution in [1.29, 1.82) is 0 Å². The Morgan fingerprint density at radius 2 is 2.10 bits per heavy atom. The quantitative estimate of drug-likeness (QED) is 0.609. The molecule has 0 radical (unpaired) electrons. The molecule has 0 aliphatic rings. The van der Waals surface area contributed by atoms with E-state index in [1.807, 2.05) is 14.0 Å². The SMILES string of the molecule is CCCN(C)C(=CO)CC. The van der Waals surface area contributed by atoms with Crippen molar-refractivity contribution in [2.75, 3.05) is 13.6 Å². The second kappa shape index (κ2) is 5.15. The summed E-state index contributed by atoms with van der Waals surface area (Å²) < 4.78 is 0. The lowest BCUT2D eigenvalue weighted by Gasteiger charge is -2.19. The summed E-state index contributed by atoms with van der Waals surface area (Å²) in [7, 11) is 2.00. The van der Waals surface area contributed by atoms with Crippen molar-refractivity contribution in [2.24, 2.45) is 0 Å². The molecule has 2 nitrogen and oxygen atoms in total. The van der Waals surface area contributed by atoms with Gasteiger partial charge in [0, 0.05) is 19.3 Å². The minimum absolute atomic E-state index is 0.896. The number of rotatable bonds is 4. The van der Waals surface area contributed by atoms with Crippen molar-refractivity contribution in [1.82, 2.24) is 4.90 Å². The molecule has 60 valence electrons. The largest absolute Gasteiger partial charge is 0.514 e. The smallest absolute Gasteiger partial charge is 0.0982 e. The molecular weight excluding hydrogens is 126 g/mol. The molecule has 0 atom stereocenters. The first-order chi connectivity index (χ1) is 4.76. The van der Waals surface area contributed by atoms with Gasteiger partial charge in [-0.1, -0.05) is 13.8 Å². The maximum atomic E-state index is 8.72. The van der Waals surface area contributed by atoms with Crippen LogP contribution in [-0.4, -0.2) is 23.6 Å². The third-order valence-corrected chi connectivity index (χ3v) is 1.56. The van der Waals surface area contributed by atoms with Gasteiger partial charge >= 0.3 is 0 Å². The van der Waals surface area contributed by atoms with E-state index in [2.05, 4.69) is 11.8 Å². The van der Waals surface area contributed by atoms with Crippen molar-refractivity contribution in [3.63, 3.8) is 0 Å². The Morgan fingerprint density at radius 3 is 2.40 bits per heavy atom. The van der Waals surface area contributed by atoms with Crippen molar-refractivity contribution in [3.8, 4) is 0 Å². The van der Waals surface area contributed by atoms with Crippen LogP contribution < -0.4 is 0 Å². The molecule has 0 rings (SSSR count). The number of hydrogen-bond donors (Lipinski definition) is 1. The van der Waals surface area contributed by atoms with Gasteiger partial charge in [0.05, 0.1) is 6.26 Å². The molecule has 10 heavy (non-hydrogen) atoms. The fourth-order valence-corrected chi connectivity index (χ4v) is 0.939. The molecule has 2 heteroatoms. The fraction of sp³-hybridized carbons (Fsp3) is 0.750. The summed E-state index contributed by atoms with van der Waals surface area (Å²) in [6, 6.07) is 0. The van der Waals surface area contributed by atoms with Crippen molar-refractivity contribution >= 4 is 0 Å². The van der Waals surface area contributed by atoms with E-state index >= 15 is 0 Å². The van der Waals surface area contributed by atoms with Crippen LogP contribution in [0.5, 0.6) is 0 Å². The average Bonchev–Trinajstić information content (AvgIpc) is 1.91. The molecule has 0 heterocycles. The van der Waals surface area contributed by atoms with Crippen LogP contribution in [0.4, 0.5) is 0 Å². The molecule has 0 aromatic rings. The Labute approximate surface area is 63.2 Å². The predicted molar refractivity (Wildman–Crippen MR) is 43.9 cm³/mol. The lowest BCUT2D eigenvalue weighted by Crippen LogP contribution is -2.17. The summed E-state index contributed by atoms with van der Waals surface area (Å²) >= 11 is 0. The van der Waals surface area contributed by atoms with Gasteiger partial charge in [0.15, 0.2) is 0 Å². The van der Waals surface area contributed by atoms with Crippen LogP contribution >= 0.6 is 0 Å². The van der Waals surface area contributed by atoms with E-state index in [0.717, 1.165) is 25.1 Å². The number of nitrogens with zero attached hydrogens (tertiary/aromatic N) is 1. The third kappa shape index (κ3) is 2.76. The number of allylic oxidation sites excluding steroid dienone is 1. The van der Waals surface area contributed by atoms with Gasteiger partial charge in [-0.15, -0.1) is 0 Å². The standard InChI is InChI=1S/C8H17NO/c1-4-6-9(3)8(5-2)7-10/h7,10H,4-6H2,1-3H3. The average molecular weight is 143 g/mol. The van der Waals surface area contributed by atoms with Crippen LogP contribution in [0.2, 0.25) is 0 Å². The highest BCUT2D eigenvalue weighted by atomic mass is 16.2. The molecule has 0 fully saturated rings. The van der Waals surface area contributed by atoms with Gasteiger partial charge in [0.2, 0.25) is 0 Å². The monoisotopic (exact) mass is 143 g/mol. The highest BCUT2D eigenvalue weighted by Crippen LogP contribution is 2.04. The second-order valence-corrected chi connectivity index (χ2v) is 2.40. The Morgan fingerprint density at radius 1 is 1.50 bits per heavy atom. The summed E-state index contributed by atoms with van der Waals surface area (Å²) in [5.41, 5.74) is 1.00. The molecule has 0 aromatic heterocycles. The lowest BCUT2D eigenvalue weighted by atomic mass is 10.3. The molecule has 0 spiro atoms. The third-order valence-electron chi connectivity index (χ3n) is 1.56. The first-order valence-electron chi connectivity index (χ1n) is 3.80. The van der Waals surface area contributed by atoms with E-state index in [-0.39, 0.29) is 0 Å². The van der Waals surface area contributed by atoms with Crippen LogP contribution in [0.25, 0.3) is 0 Å². The van der Waals surface area contributed by atoms with Crippen molar-refractivity contribution in [3.05, 3.63) is 12.0 Å². The second-order valence-electron chi connectivity index (χ2n) is 2.40. The highest BCUT2D eigenvalue weighted by molar-refractivity contribution is 4.93. The normalized spacial score (nSPS) is 11.7. The van der Waals surface area contributed by atoms with Gasteiger partial charge in [0.25, 0.3) is 0 Å². The molecular formula is C8H17NO. The molecule has 0 bridgehead atoms. The van der Waals surface area contributed by atoms with Crippen LogP contribution in [0.1, 0.15) is 26.7 Å². The summed E-state index contributed by atoms with van der Waals surface area (Å²) in [5.74, 6) is 0. The molecule has 0 aliphatic heterocycles.